The van der Waals surface area contributed by atoms with Crippen LogP contribution in [0.15, 0.2) is 45.8 Å². The highest BCUT2D eigenvalue weighted by molar-refractivity contribution is 7.80. The fraction of sp³-hybridized carbons (Fsp3) is 0.440. The summed E-state index contributed by atoms with van der Waals surface area (Å²) in [4.78, 5) is 20.5. The van der Waals surface area contributed by atoms with E-state index < -0.39 is 0 Å². The number of nitrogens with one attached hydrogen (secondary N) is 2. The van der Waals surface area contributed by atoms with Crippen molar-refractivity contribution in [1.29, 1.82) is 0 Å². The monoisotopic (exact) mass is 468 g/mol. The Morgan fingerprint density at radius 2 is 2.06 bits per heavy atom. The van der Waals surface area contributed by atoms with Crippen LogP contribution in [0.25, 0.3) is 10.9 Å². The van der Waals surface area contributed by atoms with E-state index in [1.807, 2.05) is 31.2 Å². The molecule has 33 heavy (non-hydrogen) atoms. The van der Waals surface area contributed by atoms with Crippen LogP contribution in [0.5, 0.6) is 0 Å². The predicted octanol–water partition coefficient (Wildman–Crippen LogP) is 3.34. The van der Waals surface area contributed by atoms with Crippen LogP contribution < -0.4 is 10.9 Å². The molecule has 0 unspecified atom stereocenters. The molecule has 0 saturated carbocycles. The number of thiocarbonyl (C=S) groups is 1. The third kappa shape index (κ3) is 6.22. The van der Waals surface area contributed by atoms with Gasteiger partial charge >= 0.3 is 0 Å². The molecule has 3 aromatic rings. The topological polar surface area (TPSA) is 73.7 Å². The number of aryl methyl sites for hydroxylation is 2. The number of nitrogens with zero attached hydrogens (tertiary/aromatic N) is 2. The summed E-state index contributed by atoms with van der Waals surface area (Å²) in [5.74, 6) is 0.820. The molecular weight excluding hydrogens is 436 g/mol. The molecule has 0 atom stereocenters. The normalized spacial score (nSPS) is 14.5. The van der Waals surface area contributed by atoms with Crippen molar-refractivity contribution in [3.8, 4) is 0 Å². The Bertz CT molecular complexity index is 1140. The number of hydrogen-bond donors (Lipinski definition) is 2. The van der Waals surface area contributed by atoms with Crippen molar-refractivity contribution in [3.63, 3.8) is 0 Å². The predicted molar refractivity (Wildman–Crippen MR) is 134 cm³/mol. The van der Waals surface area contributed by atoms with Crippen LogP contribution in [0, 0.1) is 13.8 Å². The van der Waals surface area contributed by atoms with Crippen LogP contribution in [-0.2, 0) is 17.8 Å². The summed E-state index contributed by atoms with van der Waals surface area (Å²) in [7, 11) is 0. The molecule has 0 aliphatic carbocycles. The number of furan rings is 1. The molecule has 1 aliphatic heterocycles. The van der Waals surface area contributed by atoms with Crippen molar-refractivity contribution in [2.45, 2.75) is 33.4 Å². The average Bonchev–Trinajstić information content (AvgIpc) is 3.32. The number of ether oxygens (including phenoxy) is 1. The molecule has 7 nitrogen and oxygen atoms in total. The molecule has 2 aromatic heterocycles. The number of aromatic amines is 1. The van der Waals surface area contributed by atoms with E-state index in [-0.39, 0.29) is 5.56 Å². The van der Waals surface area contributed by atoms with E-state index in [1.165, 1.54) is 0 Å². The minimum Gasteiger partial charge on any atom is -0.467 e. The largest absolute Gasteiger partial charge is 0.467 e. The van der Waals surface area contributed by atoms with E-state index >= 15 is 0 Å². The first-order valence-electron chi connectivity index (χ1n) is 11.5. The van der Waals surface area contributed by atoms with E-state index in [9.17, 15) is 4.79 Å². The van der Waals surface area contributed by atoms with Gasteiger partial charge in [0.25, 0.3) is 5.56 Å². The summed E-state index contributed by atoms with van der Waals surface area (Å²) in [6.45, 7) is 10.3. The van der Waals surface area contributed by atoms with Crippen molar-refractivity contribution in [1.82, 2.24) is 20.1 Å². The molecule has 1 saturated heterocycles. The number of benzene rings is 1. The molecule has 1 aliphatic rings. The van der Waals surface area contributed by atoms with Gasteiger partial charge in [-0.25, -0.2) is 0 Å². The molecule has 4 rings (SSSR count). The summed E-state index contributed by atoms with van der Waals surface area (Å²) >= 11 is 5.73. The Morgan fingerprint density at radius 1 is 1.24 bits per heavy atom. The van der Waals surface area contributed by atoms with Crippen molar-refractivity contribution in [3.05, 3.63) is 69.4 Å². The molecule has 0 bridgehead atoms. The lowest BCUT2D eigenvalue weighted by molar-refractivity contribution is 0.0367. The summed E-state index contributed by atoms with van der Waals surface area (Å²) in [5.41, 5.74) is 3.80. The molecule has 0 spiro atoms. The fourth-order valence-electron chi connectivity index (χ4n) is 4.29. The standard InChI is InChI=1S/C25H32N4O3S/c1-18-13-19(2)22-15-20(24(30)27-23(22)14-18)17-29(7-4-6-28-8-11-31-12-9-28)25(33)26-16-21-5-3-10-32-21/h3,5,10,13-15H,4,6-9,11-12,16-17H2,1-2H3,(H,26,33)(H,27,30). The second-order valence-electron chi connectivity index (χ2n) is 8.63. The maximum Gasteiger partial charge on any atom is 0.253 e. The van der Waals surface area contributed by atoms with Gasteiger partial charge in [-0.3, -0.25) is 9.69 Å². The van der Waals surface area contributed by atoms with Gasteiger partial charge < -0.3 is 24.4 Å². The minimum atomic E-state index is -0.0699. The van der Waals surface area contributed by atoms with Crippen molar-refractivity contribution >= 4 is 28.2 Å². The SMILES string of the molecule is Cc1cc(C)c2cc(CN(CCCN3CCOCC3)C(=S)NCc3ccco3)c(=O)[nH]c2c1. The Hall–Kier alpha value is -2.68. The highest BCUT2D eigenvalue weighted by atomic mass is 32.1. The van der Waals surface area contributed by atoms with Crippen LogP contribution in [0.2, 0.25) is 0 Å². The van der Waals surface area contributed by atoms with Gasteiger partial charge in [-0.1, -0.05) is 6.07 Å². The van der Waals surface area contributed by atoms with Crippen LogP contribution in [-0.4, -0.2) is 59.3 Å². The fourth-order valence-corrected chi connectivity index (χ4v) is 4.52. The third-order valence-electron chi connectivity index (χ3n) is 6.04. The van der Waals surface area contributed by atoms with Gasteiger partial charge in [-0.15, -0.1) is 0 Å². The summed E-state index contributed by atoms with van der Waals surface area (Å²) in [5, 5.41) is 4.97. The Labute approximate surface area is 199 Å². The summed E-state index contributed by atoms with van der Waals surface area (Å²) in [6.07, 6.45) is 2.60. The average molecular weight is 469 g/mol. The van der Waals surface area contributed by atoms with E-state index in [1.54, 1.807) is 6.26 Å². The van der Waals surface area contributed by atoms with E-state index in [4.69, 9.17) is 21.4 Å². The van der Waals surface area contributed by atoms with Crippen LogP contribution in [0.3, 0.4) is 0 Å². The molecule has 1 fully saturated rings. The van der Waals surface area contributed by atoms with Gasteiger partial charge in [0.15, 0.2) is 5.11 Å². The van der Waals surface area contributed by atoms with Gasteiger partial charge in [-0.2, -0.15) is 0 Å². The molecular formula is C25H32N4O3S. The van der Waals surface area contributed by atoms with Gasteiger partial charge in [0, 0.05) is 42.6 Å². The van der Waals surface area contributed by atoms with Gasteiger partial charge in [0.05, 0.1) is 32.6 Å². The second kappa shape index (κ2) is 11.0. The van der Waals surface area contributed by atoms with Gasteiger partial charge in [-0.05, 0) is 67.9 Å². The minimum absolute atomic E-state index is 0.0699. The zero-order chi connectivity index (χ0) is 23.2. The molecule has 0 radical (unpaired) electrons. The van der Waals surface area contributed by atoms with Gasteiger partial charge in [0.1, 0.15) is 5.76 Å². The number of fused-ring (bicyclic) bond motifs is 1. The number of aromatic nitrogens is 1. The third-order valence-corrected chi connectivity index (χ3v) is 6.44. The molecule has 176 valence electrons. The Balaban J connectivity index is 1.49. The first kappa shape index (κ1) is 23.5. The lowest BCUT2D eigenvalue weighted by Crippen LogP contribution is -2.42. The molecule has 1 aromatic carbocycles. The van der Waals surface area contributed by atoms with Crippen molar-refractivity contribution < 1.29 is 9.15 Å². The summed E-state index contributed by atoms with van der Waals surface area (Å²) < 4.78 is 10.9. The maximum atomic E-state index is 12.9. The number of pyridine rings is 1. The van der Waals surface area contributed by atoms with Crippen molar-refractivity contribution in [2.75, 3.05) is 39.4 Å². The van der Waals surface area contributed by atoms with E-state index in [2.05, 4.69) is 33.1 Å². The first-order valence-corrected chi connectivity index (χ1v) is 11.9. The lowest BCUT2D eigenvalue weighted by Gasteiger charge is -2.29. The van der Waals surface area contributed by atoms with Crippen LogP contribution in [0.4, 0.5) is 0 Å². The Morgan fingerprint density at radius 3 is 2.82 bits per heavy atom. The number of H-pyrrole nitrogens is 1. The molecule has 2 N–H and O–H groups in total. The number of hydrogen-bond acceptors (Lipinski definition) is 5. The van der Waals surface area contributed by atoms with E-state index in [0.29, 0.717) is 23.8 Å². The zero-order valence-corrected chi connectivity index (χ0v) is 20.2. The highest BCUT2D eigenvalue weighted by Gasteiger charge is 2.16. The molecule has 8 heteroatoms. The molecule has 3 heterocycles. The quantitative estimate of drug-likeness (QED) is 0.491. The van der Waals surface area contributed by atoms with E-state index in [0.717, 1.165) is 73.6 Å². The van der Waals surface area contributed by atoms with Crippen LogP contribution >= 0.6 is 12.2 Å². The number of rotatable bonds is 8. The Kier molecular flexibility index (Phi) is 7.80. The zero-order valence-electron chi connectivity index (χ0n) is 19.4. The summed E-state index contributed by atoms with van der Waals surface area (Å²) in [6, 6.07) is 9.94. The first-order chi connectivity index (χ1) is 16.0. The smallest absolute Gasteiger partial charge is 0.253 e. The maximum absolute atomic E-state index is 12.9. The van der Waals surface area contributed by atoms with Gasteiger partial charge in [0.2, 0.25) is 0 Å². The van der Waals surface area contributed by atoms with Crippen LogP contribution in [0.1, 0.15) is 28.9 Å². The highest BCUT2D eigenvalue weighted by Crippen LogP contribution is 2.19. The molecule has 0 amide bonds. The van der Waals surface area contributed by atoms with Crippen molar-refractivity contribution in [2.24, 2.45) is 0 Å². The lowest BCUT2D eigenvalue weighted by atomic mass is 10.0. The number of morpholine rings is 1. The second-order valence-corrected chi connectivity index (χ2v) is 9.02.